The Kier molecular flexibility index (Phi) is 3.34. The Morgan fingerprint density at radius 1 is 1.22 bits per heavy atom. The third-order valence-electron chi connectivity index (χ3n) is 1.99. The minimum Gasteiger partial charge on any atom is -0.126 e. The van der Waals surface area contributed by atoms with Gasteiger partial charge in [0.1, 0.15) is 0 Å². The molecule has 9 heavy (non-hydrogen) atoms. The molecule has 0 unspecified atom stereocenters. The lowest BCUT2D eigenvalue weighted by atomic mass is 9.91. The fraction of sp³-hybridized carbons (Fsp3) is 1.00. The summed E-state index contributed by atoms with van der Waals surface area (Å²) < 4.78 is 0. The van der Waals surface area contributed by atoms with E-state index in [4.69, 9.17) is 11.6 Å². The third-order valence-corrected chi connectivity index (χ3v) is 3.35. The third kappa shape index (κ3) is 2.46. The normalized spacial score (nSPS) is 36.7. The molecule has 0 amide bonds. The van der Waals surface area contributed by atoms with Crippen molar-refractivity contribution in [1.29, 1.82) is 0 Å². The lowest BCUT2D eigenvalue weighted by molar-refractivity contribution is 0.400. The lowest BCUT2D eigenvalue weighted by Gasteiger charge is -2.22. The van der Waals surface area contributed by atoms with E-state index < -0.39 is 0 Å². The van der Waals surface area contributed by atoms with Gasteiger partial charge < -0.3 is 0 Å². The van der Waals surface area contributed by atoms with Crippen LogP contribution in [0.4, 0.5) is 0 Å². The summed E-state index contributed by atoms with van der Waals surface area (Å²) >= 11 is 9.31. The van der Waals surface area contributed by atoms with E-state index in [9.17, 15) is 0 Å². The highest BCUT2D eigenvalue weighted by molar-refractivity contribution is 9.09. The van der Waals surface area contributed by atoms with E-state index >= 15 is 0 Å². The first kappa shape index (κ1) is 7.87. The molecule has 1 fully saturated rings. The van der Waals surface area contributed by atoms with E-state index in [-0.39, 0.29) is 0 Å². The van der Waals surface area contributed by atoms with Crippen molar-refractivity contribution in [2.45, 2.75) is 30.5 Å². The number of halogens is 2. The maximum absolute atomic E-state index is 5.71. The topological polar surface area (TPSA) is 0 Å². The van der Waals surface area contributed by atoms with Gasteiger partial charge in [-0.3, -0.25) is 0 Å². The molecule has 0 spiro atoms. The van der Waals surface area contributed by atoms with Crippen LogP contribution in [0.3, 0.4) is 0 Å². The van der Waals surface area contributed by atoms with E-state index in [2.05, 4.69) is 15.9 Å². The highest BCUT2D eigenvalue weighted by Crippen LogP contribution is 2.28. The van der Waals surface area contributed by atoms with Crippen LogP contribution in [0.15, 0.2) is 0 Å². The van der Waals surface area contributed by atoms with Crippen molar-refractivity contribution in [3.05, 3.63) is 0 Å². The van der Waals surface area contributed by atoms with Crippen molar-refractivity contribution in [3.8, 4) is 0 Å². The SMILES string of the molecule is ClCC1CCC(Br)CC1. The van der Waals surface area contributed by atoms with Gasteiger partial charge >= 0.3 is 0 Å². The molecule has 1 aliphatic carbocycles. The van der Waals surface area contributed by atoms with E-state index in [1.54, 1.807) is 0 Å². The van der Waals surface area contributed by atoms with Gasteiger partial charge in [-0.05, 0) is 31.6 Å². The molecule has 0 saturated heterocycles. The molecule has 54 valence electrons. The molecular formula is C7H12BrCl. The van der Waals surface area contributed by atoms with Crippen LogP contribution in [0.5, 0.6) is 0 Å². The first-order valence-corrected chi connectivity index (χ1v) is 4.98. The smallest absolute Gasteiger partial charge is 0.0251 e. The van der Waals surface area contributed by atoms with Crippen molar-refractivity contribution >= 4 is 27.5 Å². The van der Waals surface area contributed by atoms with E-state index in [1.807, 2.05) is 0 Å². The second kappa shape index (κ2) is 3.82. The molecule has 1 rings (SSSR count). The van der Waals surface area contributed by atoms with Crippen LogP contribution in [0.2, 0.25) is 0 Å². The zero-order chi connectivity index (χ0) is 6.69. The maximum atomic E-state index is 5.71. The van der Waals surface area contributed by atoms with Crippen LogP contribution >= 0.6 is 27.5 Å². The maximum Gasteiger partial charge on any atom is 0.0251 e. The Morgan fingerprint density at radius 2 is 1.78 bits per heavy atom. The molecule has 0 heterocycles. The molecule has 0 bridgehead atoms. The summed E-state index contributed by atoms with van der Waals surface area (Å²) in [4.78, 5) is 0.775. The first-order valence-electron chi connectivity index (χ1n) is 3.53. The molecule has 1 aliphatic rings. The van der Waals surface area contributed by atoms with Crippen LogP contribution in [0, 0.1) is 5.92 Å². The highest BCUT2D eigenvalue weighted by atomic mass is 79.9. The Labute approximate surface area is 70.1 Å². The van der Waals surface area contributed by atoms with E-state index in [0.717, 1.165) is 16.6 Å². The largest absolute Gasteiger partial charge is 0.126 e. The fourth-order valence-electron chi connectivity index (χ4n) is 1.28. The van der Waals surface area contributed by atoms with Gasteiger partial charge in [-0.1, -0.05) is 15.9 Å². The van der Waals surface area contributed by atoms with Gasteiger partial charge in [-0.15, -0.1) is 11.6 Å². The lowest BCUT2D eigenvalue weighted by Crippen LogP contribution is -2.14. The van der Waals surface area contributed by atoms with Crippen molar-refractivity contribution in [2.24, 2.45) is 5.92 Å². The molecule has 0 nitrogen and oxygen atoms in total. The standard InChI is InChI=1S/C7H12BrCl/c8-7-3-1-6(5-9)2-4-7/h6-7H,1-5H2. The van der Waals surface area contributed by atoms with Crippen molar-refractivity contribution in [1.82, 2.24) is 0 Å². The second-order valence-corrected chi connectivity index (χ2v) is 4.38. The summed E-state index contributed by atoms with van der Waals surface area (Å²) in [5.74, 6) is 1.67. The molecule has 0 atom stereocenters. The van der Waals surface area contributed by atoms with Gasteiger partial charge in [0.25, 0.3) is 0 Å². The average molecular weight is 212 g/mol. The number of hydrogen-bond acceptors (Lipinski definition) is 0. The number of rotatable bonds is 1. The van der Waals surface area contributed by atoms with Crippen LogP contribution in [-0.4, -0.2) is 10.7 Å². The summed E-state index contributed by atoms with van der Waals surface area (Å²) in [6.45, 7) is 0. The quantitative estimate of drug-likeness (QED) is 0.585. The van der Waals surface area contributed by atoms with Gasteiger partial charge in [0.2, 0.25) is 0 Å². The predicted molar refractivity (Wildman–Crippen MR) is 45.4 cm³/mol. The molecule has 0 aromatic rings. The molecule has 0 N–H and O–H groups in total. The predicted octanol–water partition coefficient (Wildman–Crippen LogP) is 3.18. The molecule has 2 heteroatoms. The Bertz CT molecular complexity index is 77.0. The Morgan fingerprint density at radius 3 is 2.22 bits per heavy atom. The fourth-order valence-corrected chi connectivity index (χ4v) is 2.11. The van der Waals surface area contributed by atoms with Crippen molar-refractivity contribution < 1.29 is 0 Å². The first-order chi connectivity index (χ1) is 4.33. The summed E-state index contributed by atoms with van der Waals surface area (Å²) in [5.41, 5.74) is 0. The Balaban J connectivity index is 2.18. The molecular weight excluding hydrogens is 199 g/mol. The van der Waals surface area contributed by atoms with E-state index in [0.29, 0.717) is 0 Å². The van der Waals surface area contributed by atoms with Gasteiger partial charge in [0, 0.05) is 10.7 Å². The summed E-state index contributed by atoms with van der Waals surface area (Å²) in [5, 5.41) is 0. The zero-order valence-corrected chi connectivity index (χ0v) is 7.79. The van der Waals surface area contributed by atoms with Gasteiger partial charge in [-0.25, -0.2) is 0 Å². The van der Waals surface area contributed by atoms with Crippen LogP contribution in [0.1, 0.15) is 25.7 Å². The second-order valence-electron chi connectivity index (χ2n) is 2.77. The van der Waals surface area contributed by atoms with Gasteiger partial charge in [0.05, 0.1) is 0 Å². The van der Waals surface area contributed by atoms with E-state index in [1.165, 1.54) is 25.7 Å². The molecule has 0 radical (unpaired) electrons. The Hall–Kier alpha value is 0.770. The average Bonchev–Trinajstić information content (AvgIpc) is 1.90. The number of alkyl halides is 2. The number of hydrogen-bond donors (Lipinski definition) is 0. The molecule has 0 aliphatic heterocycles. The monoisotopic (exact) mass is 210 g/mol. The minimum atomic E-state index is 0.775. The van der Waals surface area contributed by atoms with Crippen LogP contribution in [0.25, 0.3) is 0 Å². The van der Waals surface area contributed by atoms with Crippen LogP contribution in [-0.2, 0) is 0 Å². The zero-order valence-electron chi connectivity index (χ0n) is 5.45. The van der Waals surface area contributed by atoms with Crippen LogP contribution < -0.4 is 0 Å². The minimum absolute atomic E-state index is 0.775. The molecule has 1 saturated carbocycles. The highest BCUT2D eigenvalue weighted by Gasteiger charge is 2.17. The molecule has 0 aromatic heterocycles. The van der Waals surface area contributed by atoms with Crippen molar-refractivity contribution in [2.75, 3.05) is 5.88 Å². The summed E-state index contributed by atoms with van der Waals surface area (Å²) in [6.07, 6.45) is 5.27. The molecule has 0 aromatic carbocycles. The van der Waals surface area contributed by atoms with Crippen molar-refractivity contribution in [3.63, 3.8) is 0 Å². The van der Waals surface area contributed by atoms with Gasteiger partial charge in [-0.2, -0.15) is 0 Å². The summed E-state index contributed by atoms with van der Waals surface area (Å²) in [6, 6.07) is 0. The summed E-state index contributed by atoms with van der Waals surface area (Å²) in [7, 11) is 0. The van der Waals surface area contributed by atoms with Gasteiger partial charge in [0.15, 0.2) is 0 Å².